The van der Waals surface area contributed by atoms with Crippen molar-refractivity contribution in [2.45, 2.75) is 0 Å². The normalized spacial score (nSPS) is 9.94. The van der Waals surface area contributed by atoms with E-state index in [9.17, 15) is 4.79 Å². The Kier molecular flexibility index (Phi) is 8.79. The average Bonchev–Trinajstić information content (AvgIpc) is 2.74. The standard InChI is InChI=1S/C7H11N5O2.2ClH.Cu/c1-12(2)11-10-6-5(7(13)14-3)8-4-9-6;;;/h4H,1-3H3,(H,8,9);2*1H;/q;;;+2/p-2/b11-10+;;;. The van der Waals surface area contributed by atoms with Crippen LogP contribution in [-0.2, 0) is 17.9 Å². The van der Waals surface area contributed by atoms with E-state index < -0.39 is 5.97 Å². The number of halogens is 2. The third kappa shape index (κ3) is 6.47. The molecule has 7 nitrogen and oxygen atoms in total. The van der Waals surface area contributed by atoms with Gasteiger partial charge in [0.1, 0.15) is 0 Å². The van der Waals surface area contributed by atoms with Crippen LogP contribution in [0.15, 0.2) is 16.7 Å². The molecule has 0 saturated carbocycles. The Labute approximate surface area is 113 Å². The molecular formula is C7H11Cl2CuN5O2. The van der Waals surface area contributed by atoms with Crippen molar-refractivity contribution in [2.75, 3.05) is 21.2 Å². The summed E-state index contributed by atoms with van der Waals surface area (Å²) < 4.78 is 4.52. The predicted molar refractivity (Wildman–Crippen MR) is 59.8 cm³/mol. The number of rotatable bonds is 3. The number of H-pyrrole nitrogens is 1. The van der Waals surface area contributed by atoms with E-state index in [1.54, 1.807) is 14.1 Å². The first kappa shape index (κ1) is 16.2. The topological polar surface area (TPSA) is 82.9 Å². The molecule has 1 heterocycles. The molecule has 10 heteroatoms. The van der Waals surface area contributed by atoms with E-state index >= 15 is 0 Å². The SMILES string of the molecule is COC(=O)c1[nH]cnc1/N=N/N(C)C.[Cl][Cu][Cl]. The fourth-order valence-corrected chi connectivity index (χ4v) is 0.747. The maximum atomic E-state index is 11.1. The van der Waals surface area contributed by atoms with Crippen molar-refractivity contribution in [1.29, 1.82) is 0 Å². The molecule has 0 unspecified atom stereocenters. The molecule has 1 aromatic heterocycles. The van der Waals surface area contributed by atoms with Gasteiger partial charge in [-0.05, 0) is 0 Å². The molecular weight excluding hydrogens is 321 g/mol. The zero-order chi connectivity index (χ0) is 13.3. The van der Waals surface area contributed by atoms with Gasteiger partial charge in [-0.1, -0.05) is 5.22 Å². The molecule has 0 amide bonds. The van der Waals surface area contributed by atoms with Gasteiger partial charge in [0.2, 0.25) is 5.82 Å². The summed E-state index contributed by atoms with van der Waals surface area (Å²) in [5, 5.41) is 8.95. The molecule has 0 aliphatic rings. The number of imidazole rings is 1. The second kappa shape index (κ2) is 9.23. The Balaban J connectivity index is 0.000000770. The summed E-state index contributed by atoms with van der Waals surface area (Å²) in [6.07, 6.45) is 1.36. The van der Waals surface area contributed by atoms with Crippen LogP contribution in [0.5, 0.6) is 0 Å². The van der Waals surface area contributed by atoms with Gasteiger partial charge in [-0.2, -0.15) is 0 Å². The van der Waals surface area contributed by atoms with Crippen LogP contribution >= 0.6 is 20.2 Å². The van der Waals surface area contributed by atoms with Gasteiger partial charge in [0.05, 0.1) is 13.4 Å². The van der Waals surface area contributed by atoms with Gasteiger partial charge in [-0.25, -0.2) is 9.78 Å². The summed E-state index contributed by atoms with van der Waals surface area (Å²) in [7, 11) is 14.1. The Morgan fingerprint density at radius 3 is 2.65 bits per heavy atom. The first-order valence-electron chi connectivity index (χ1n) is 4.08. The van der Waals surface area contributed by atoms with Crippen LogP contribution < -0.4 is 0 Å². The van der Waals surface area contributed by atoms with Gasteiger partial charge in [0, 0.05) is 14.1 Å². The summed E-state index contributed by atoms with van der Waals surface area (Å²) in [6, 6.07) is 0. The molecule has 0 fully saturated rings. The number of aromatic amines is 1. The van der Waals surface area contributed by atoms with Crippen molar-refractivity contribution in [3.8, 4) is 0 Å². The van der Waals surface area contributed by atoms with E-state index in [0.717, 1.165) is 13.1 Å². The third-order valence-corrected chi connectivity index (χ3v) is 1.33. The van der Waals surface area contributed by atoms with E-state index in [4.69, 9.17) is 0 Å². The molecule has 0 aliphatic carbocycles. The molecule has 0 aromatic carbocycles. The van der Waals surface area contributed by atoms with Crippen molar-refractivity contribution in [1.82, 2.24) is 15.0 Å². The molecule has 1 rings (SSSR count). The van der Waals surface area contributed by atoms with E-state index in [1.807, 2.05) is 0 Å². The number of carbonyl (C=O) groups excluding carboxylic acids is 1. The molecule has 0 spiro atoms. The Morgan fingerprint density at radius 1 is 1.59 bits per heavy atom. The Morgan fingerprint density at radius 2 is 2.18 bits per heavy atom. The van der Waals surface area contributed by atoms with Gasteiger partial charge in [-0.3, -0.25) is 5.01 Å². The summed E-state index contributed by atoms with van der Waals surface area (Å²) in [6.45, 7) is 0. The van der Waals surface area contributed by atoms with Crippen LogP contribution in [0.25, 0.3) is 0 Å². The zero-order valence-electron chi connectivity index (χ0n) is 9.24. The molecule has 0 saturated heterocycles. The Bertz CT molecular complexity index is 371. The van der Waals surface area contributed by atoms with E-state index in [2.05, 4.69) is 45.2 Å². The minimum absolute atomic E-state index is 0.193. The van der Waals surface area contributed by atoms with Crippen molar-refractivity contribution >= 4 is 32.0 Å². The van der Waals surface area contributed by atoms with E-state index in [0.29, 0.717) is 0 Å². The molecule has 17 heavy (non-hydrogen) atoms. The summed E-state index contributed by atoms with van der Waals surface area (Å²) >= 11 is 0.757. The molecule has 0 radical (unpaired) electrons. The second-order valence-electron chi connectivity index (χ2n) is 2.67. The second-order valence-corrected chi connectivity index (χ2v) is 4.23. The first-order chi connectivity index (χ1) is 8.06. The molecule has 0 bridgehead atoms. The van der Waals surface area contributed by atoms with Crippen molar-refractivity contribution in [3.05, 3.63) is 12.0 Å². The Hall–Kier alpha value is -0.821. The fraction of sp³-hybridized carbons (Fsp3) is 0.429. The third-order valence-electron chi connectivity index (χ3n) is 1.33. The van der Waals surface area contributed by atoms with Crippen LogP contribution in [0.1, 0.15) is 10.5 Å². The van der Waals surface area contributed by atoms with Crippen molar-refractivity contribution < 1.29 is 22.7 Å². The van der Waals surface area contributed by atoms with Crippen LogP contribution in [0, 0.1) is 0 Å². The predicted octanol–water partition coefficient (Wildman–Crippen LogP) is 2.13. The molecule has 1 N–H and O–H groups in total. The molecule has 101 valence electrons. The number of nitrogens with one attached hydrogen (secondary N) is 1. The molecule has 0 aliphatic heterocycles. The van der Waals surface area contributed by atoms with Gasteiger partial charge >= 0.3 is 39.3 Å². The number of methoxy groups -OCH3 is 1. The molecule has 1 aromatic rings. The maximum absolute atomic E-state index is 11.1. The first-order valence-corrected chi connectivity index (χ1v) is 6.67. The van der Waals surface area contributed by atoms with Crippen LogP contribution in [0.2, 0.25) is 0 Å². The summed E-state index contributed by atoms with van der Waals surface area (Å²) in [5.41, 5.74) is 0.193. The molecule has 0 atom stereocenters. The minimum atomic E-state index is -0.518. The van der Waals surface area contributed by atoms with Gasteiger partial charge in [-0.15, -0.1) is 5.11 Å². The number of ether oxygens (including phenoxy) is 1. The van der Waals surface area contributed by atoms with Crippen LogP contribution in [0.3, 0.4) is 0 Å². The van der Waals surface area contributed by atoms with E-state index in [-0.39, 0.29) is 11.5 Å². The average molecular weight is 332 g/mol. The number of esters is 1. The number of hydrogen-bond donors (Lipinski definition) is 1. The number of nitrogens with zero attached hydrogens (tertiary/aromatic N) is 4. The fourth-order valence-electron chi connectivity index (χ4n) is 0.747. The van der Waals surface area contributed by atoms with Gasteiger partial charge in [0.25, 0.3) is 0 Å². The van der Waals surface area contributed by atoms with Crippen molar-refractivity contribution in [2.24, 2.45) is 10.3 Å². The quantitative estimate of drug-likeness (QED) is 0.398. The number of hydrogen-bond acceptors (Lipinski definition) is 5. The van der Waals surface area contributed by atoms with Gasteiger partial charge in [0.15, 0.2) is 5.69 Å². The van der Waals surface area contributed by atoms with E-state index in [1.165, 1.54) is 18.4 Å². The monoisotopic (exact) mass is 330 g/mol. The summed E-state index contributed by atoms with van der Waals surface area (Å²) in [4.78, 5) is 17.6. The number of aromatic nitrogens is 2. The van der Waals surface area contributed by atoms with Crippen LogP contribution in [-0.4, -0.2) is 42.2 Å². The number of carbonyl (C=O) groups is 1. The van der Waals surface area contributed by atoms with Crippen molar-refractivity contribution in [3.63, 3.8) is 0 Å². The zero-order valence-corrected chi connectivity index (χ0v) is 11.7. The van der Waals surface area contributed by atoms with Crippen LogP contribution in [0.4, 0.5) is 5.82 Å². The van der Waals surface area contributed by atoms with Gasteiger partial charge < -0.3 is 9.72 Å². The summed E-state index contributed by atoms with van der Waals surface area (Å²) in [5.74, 6) is -0.305.